The molecule has 270 valence electrons. The number of unbranched alkanes of at least 4 members (excludes halogenated alkanes) is 21. The standard InChI is InChI=1S/C38H76O7/c1-3-5-7-9-11-13-14-15-16-17-19-21-23-25-27-40-28-29-41-30-31-42-32-33-43-34-35-44-36-37-45-38(39)26-24-22-20-18-12-10-8-6-4-2/h3-37H2,1-2H3. The lowest BCUT2D eigenvalue weighted by Crippen LogP contribution is -2.15. The average molecular weight is 645 g/mol. The first-order chi connectivity index (χ1) is 22.3. The van der Waals surface area contributed by atoms with Crippen LogP contribution in [0.5, 0.6) is 0 Å². The van der Waals surface area contributed by atoms with Crippen LogP contribution < -0.4 is 0 Å². The van der Waals surface area contributed by atoms with E-state index < -0.39 is 0 Å². The van der Waals surface area contributed by atoms with Crippen molar-refractivity contribution in [3.63, 3.8) is 0 Å². The molecule has 0 aromatic carbocycles. The summed E-state index contributed by atoms with van der Waals surface area (Å²) in [5.74, 6) is -0.119. The van der Waals surface area contributed by atoms with Crippen molar-refractivity contribution in [2.24, 2.45) is 0 Å². The molecular formula is C38H76O7. The Hall–Kier alpha value is -0.730. The van der Waals surface area contributed by atoms with Crippen LogP contribution in [0.25, 0.3) is 0 Å². The second-order valence-corrected chi connectivity index (χ2v) is 12.5. The third-order valence-electron chi connectivity index (χ3n) is 8.11. The van der Waals surface area contributed by atoms with Crippen molar-refractivity contribution in [1.29, 1.82) is 0 Å². The molecule has 7 heteroatoms. The molecule has 0 rings (SSSR count). The molecule has 0 saturated carbocycles. The van der Waals surface area contributed by atoms with Crippen molar-refractivity contribution in [2.45, 2.75) is 168 Å². The molecular weight excluding hydrogens is 568 g/mol. The number of hydrogen-bond acceptors (Lipinski definition) is 7. The van der Waals surface area contributed by atoms with E-state index in [4.69, 9.17) is 28.4 Å². The van der Waals surface area contributed by atoms with E-state index in [0.29, 0.717) is 72.5 Å². The van der Waals surface area contributed by atoms with Crippen LogP contribution in [0.2, 0.25) is 0 Å². The molecule has 0 unspecified atom stereocenters. The van der Waals surface area contributed by atoms with Crippen LogP contribution in [0.4, 0.5) is 0 Å². The van der Waals surface area contributed by atoms with Crippen LogP contribution in [0, 0.1) is 0 Å². The smallest absolute Gasteiger partial charge is 0.305 e. The highest BCUT2D eigenvalue weighted by molar-refractivity contribution is 5.69. The predicted octanol–water partition coefficient (Wildman–Crippen LogP) is 10.0. The first-order valence-electron chi connectivity index (χ1n) is 19.4. The lowest BCUT2D eigenvalue weighted by atomic mass is 10.0. The van der Waals surface area contributed by atoms with Crippen LogP contribution in [0.1, 0.15) is 168 Å². The van der Waals surface area contributed by atoms with Crippen LogP contribution in [-0.4, -0.2) is 78.6 Å². The molecule has 7 nitrogen and oxygen atoms in total. The first kappa shape index (κ1) is 44.3. The number of esters is 1. The highest BCUT2D eigenvalue weighted by Gasteiger charge is 2.03. The summed E-state index contributed by atoms with van der Waals surface area (Å²) in [6.45, 7) is 10.5. The topological polar surface area (TPSA) is 72.5 Å². The van der Waals surface area contributed by atoms with E-state index in [0.717, 1.165) is 25.9 Å². The summed E-state index contributed by atoms with van der Waals surface area (Å²) < 4.78 is 33.0. The normalized spacial score (nSPS) is 11.4. The maximum Gasteiger partial charge on any atom is 0.305 e. The fraction of sp³-hybridized carbons (Fsp3) is 0.974. The molecule has 0 aromatic heterocycles. The van der Waals surface area contributed by atoms with E-state index in [1.807, 2.05) is 0 Å². The minimum absolute atomic E-state index is 0.119. The monoisotopic (exact) mass is 645 g/mol. The largest absolute Gasteiger partial charge is 0.463 e. The van der Waals surface area contributed by atoms with Crippen molar-refractivity contribution in [2.75, 3.05) is 72.7 Å². The van der Waals surface area contributed by atoms with Crippen molar-refractivity contribution < 1.29 is 33.2 Å². The third kappa shape index (κ3) is 41.2. The number of carbonyl (C=O) groups excluding carboxylic acids is 1. The van der Waals surface area contributed by atoms with Crippen molar-refractivity contribution in [1.82, 2.24) is 0 Å². The van der Waals surface area contributed by atoms with Gasteiger partial charge < -0.3 is 28.4 Å². The molecule has 0 fully saturated rings. The Bertz CT molecular complexity index is 546. The summed E-state index contributed by atoms with van der Waals surface area (Å²) in [5.41, 5.74) is 0. The lowest BCUT2D eigenvalue weighted by Gasteiger charge is -2.08. The van der Waals surface area contributed by atoms with Gasteiger partial charge in [-0.15, -0.1) is 0 Å². The molecule has 0 amide bonds. The molecule has 0 aliphatic heterocycles. The molecule has 0 atom stereocenters. The molecule has 0 bridgehead atoms. The van der Waals surface area contributed by atoms with Crippen LogP contribution >= 0.6 is 0 Å². The van der Waals surface area contributed by atoms with E-state index in [1.165, 1.54) is 128 Å². The molecule has 45 heavy (non-hydrogen) atoms. The van der Waals surface area contributed by atoms with Gasteiger partial charge in [0.15, 0.2) is 0 Å². The Labute approximate surface area is 279 Å². The van der Waals surface area contributed by atoms with Gasteiger partial charge in [0, 0.05) is 13.0 Å². The minimum Gasteiger partial charge on any atom is -0.463 e. The zero-order valence-electron chi connectivity index (χ0n) is 30.1. The Kier molecular flexibility index (Phi) is 40.6. The van der Waals surface area contributed by atoms with Gasteiger partial charge in [0.05, 0.1) is 59.5 Å². The summed E-state index contributed by atoms with van der Waals surface area (Å²) in [5, 5.41) is 0. The Morgan fingerprint density at radius 2 is 0.578 bits per heavy atom. The molecule has 0 aliphatic carbocycles. The molecule has 0 radical (unpaired) electrons. The molecule has 0 spiro atoms. The zero-order chi connectivity index (χ0) is 32.6. The summed E-state index contributed by atoms with van der Waals surface area (Å²) in [7, 11) is 0. The average Bonchev–Trinajstić information content (AvgIpc) is 3.05. The maximum atomic E-state index is 11.8. The second kappa shape index (κ2) is 41.3. The van der Waals surface area contributed by atoms with Crippen molar-refractivity contribution >= 4 is 5.97 Å². The van der Waals surface area contributed by atoms with Crippen molar-refractivity contribution in [3.05, 3.63) is 0 Å². The van der Waals surface area contributed by atoms with Gasteiger partial charge in [-0.3, -0.25) is 4.79 Å². The van der Waals surface area contributed by atoms with Crippen molar-refractivity contribution in [3.8, 4) is 0 Å². The Morgan fingerprint density at radius 1 is 0.311 bits per heavy atom. The molecule has 0 N–H and O–H groups in total. The van der Waals surface area contributed by atoms with Gasteiger partial charge in [0.1, 0.15) is 6.61 Å². The number of rotatable bonds is 40. The number of hydrogen-bond donors (Lipinski definition) is 0. The van der Waals surface area contributed by atoms with Gasteiger partial charge in [-0.25, -0.2) is 0 Å². The SMILES string of the molecule is CCCCCCCCCCCCCCCCOCCOCCOCCOCCOCCOC(=O)CCCCCCCCCCC. The fourth-order valence-electron chi connectivity index (χ4n) is 5.25. The van der Waals surface area contributed by atoms with Gasteiger partial charge in [-0.2, -0.15) is 0 Å². The fourth-order valence-corrected chi connectivity index (χ4v) is 5.25. The van der Waals surface area contributed by atoms with Gasteiger partial charge in [0.2, 0.25) is 0 Å². The summed E-state index contributed by atoms with van der Waals surface area (Å²) in [6, 6.07) is 0. The molecule has 0 saturated heterocycles. The van der Waals surface area contributed by atoms with Crippen LogP contribution in [-0.2, 0) is 33.2 Å². The van der Waals surface area contributed by atoms with Gasteiger partial charge in [0.25, 0.3) is 0 Å². The van der Waals surface area contributed by atoms with Gasteiger partial charge in [-0.1, -0.05) is 149 Å². The molecule has 0 aromatic rings. The highest BCUT2D eigenvalue weighted by Crippen LogP contribution is 2.13. The number of carbonyl (C=O) groups is 1. The minimum atomic E-state index is -0.119. The van der Waals surface area contributed by atoms with Crippen LogP contribution in [0.3, 0.4) is 0 Å². The third-order valence-corrected chi connectivity index (χ3v) is 8.11. The van der Waals surface area contributed by atoms with Gasteiger partial charge in [-0.05, 0) is 12.8 Å². The Morgan fingerprint density at radius 3 is 0.933 bits per heavy atom. The van der Waals surface area contributed by atoms with E-state index in [1.54, 1.807) is 0 Å². The summed E-state index contributed by atoms with van der Waals surface area (Å²) in [6.07, 6.45) is 31.0. The van der Waals surface area contributed by atoms with E-state index in [-0.39, 0.29) is 5.97 Å². The highest BCUT2D eigenvalue weighted by atomic mass is 16.6. The lowest BCUT2D eigenvalue weighted by molar-refractivity contribution is -0.145. The number of ether oxygens (including phenoxy) is 6. The summed E-state index contributed by atoms with van der Waals surface area (Å²) in [4.78, 5) is 11.8. The maximum absolute atomic E-state index is 11.8. The molecule has 0 heterocycles. The van der Waals surface area contributed by atoms with Crippen LogP contribution in [0.15, 0.2) is 0 Å². The second-order valence-electron chi connectivity index (χ2n) is 12.5. The summed E-state index contributed by atoms with van der Waals surface area (Å²) >= 11 is 0. The predicted molar refractivity (Wildman–Crippen MR) is 187 cm³/mol. The van der Waals surface area contributed by atoms with Gasteiger partial charge >= 0.3 is 5.97 Å². The first-order valence-corrected chi connectivity index (χ1v) is 19.4. The molecule has 0 aliphatic rings. The van der Waals surface area contributed by atoms with E-state index in [9.17, 15) is 4.79 Å². The zero-order valence-corrected chi connectivity index (χ0v) is 30.1. The Balaban J connectivity index is 3.10. The van der Waals surface area contributed by atoms with E-state index >= 15 is 0 Å². The van der Waals surface area contributed by atoms with E-state index in [2.05, 4.69) is 13.8 Å². The quantitative estimate of drug-likeness (QED) is 0.0485.